The maximum Gasteiger partial charge on any atom is 0.148 e. The molecule has 0 radical (unpaired) electrons. The molecule has 0 aliphatic rings. The topological polar surface area (TPSA) is 34.1 Å². The van der Waals surface area contributed by atoms with E-state index in [0.29, 0.717) is 5.56 Å². The molecule has 1 aromatic rings. The summed E-state index contributed by atoms with van der Waals surface area (Å²) in [6, 6.07) is 6.22. The Morgan fingerprint density at radius 1 is 1.40 bits per heavy atom. The summed E-state index contributed by atoms with van der Waals surface area (Å²) in [7, 11) is -3.11. The van der Waals surface area contributed by atoms with Gasteiger partial charge in [-0.25, -0.2) is 12.8 Å². The van der Waals surface area contributed by atoms with E-state index in [0.717, 1.165) is 6.26 Å². The average Bonchev–Trinajstić information content (AvgIpc) is 2.05. The summed E-state index contributed by atoms with van der Waals surface area (Å²) < 4.78 is 35.1. The summed E-state index contributed by atoms with van der Waals surface area (Å²) in [5.74, 6) is -0.486. The second-order valence-electron chi connectivity index (χ2n) is 3.49. The molecule has 0 N–H and O–H groups in total. The van der Waals surface area contributed by atoms with Crippen LogP contribution < -0.4 is 0 Å². The monoisotopic (exact) mass is 250 g/mol. The van der Waals surface area contributed by atoms with Crippen LogP contribution in [0.25, 0.3) is 0 Å². The van der Waals surface area contributed by atoms with Crippen molar-refractivity contribution < 1.29 is 12.8 Å². The molecular formula is C10H12ClFO2S. The maximum atomic E-state index is 13.2. The SMILES string of the molecule is CS(=O)(=O)CC(Cl)Cc1ccccc1F. The summed E-state index contributed by atoms with van der Waals surface area (Å²) in [4.78, 5) is 0. The normalized spacial score (nSPS) is 13.8. The van der Waals surface area contributed by atoms with Crippen LogP contribution in [0.4, 0.5) is 4.39 Å². The quantitative estimate of drug-likeness (QED) is 0.767. The second-order valence-corrected chi connectivity index (χ2v) is 6.29. The van der Waals surface area contributed by atoms with Crippen molar-refractivity contribution in [1.82, 2.24) is 0 Å². The van der Waals surface area contributed by atoms with Crippen molar-refractivity contribution in [1.29, 1.82) is 0 Å². The van der Waals surface area contributed by atoms with Crippen LogP contribution in [-0.2, 0) is 16.3 Å². The Hall–Kier alpha value is -0.610. The zero-order chi connectivity index (χ0) is 11.5. The van der Waals surface area contributed by atoms with Gasteiger partial charge in [-0.1, -0.05) is 18.2 Å². The summed E-state index contributed by atoms with van der Waals surface area (Å²) >= 11 is 5.83. The molecular weight excluding hydrogens is 239 g/mol. The lowest BCUT2D eigenvalue weighted by Crippen LogP contribution is -2.17. The third-order valence-electron chi connectivity index (χ3n) is 1.88. The Morgan fingerprint density at radius 2 is 2.00 bits per heavy atom. The predicted molar refractivity (Wildman–Crippen MR) is 59.5 cm³/mol. The summed E-state index contributed by atoms with van der Waals surface area (Å²) in [6.07, 6.45) is 1.34. The molecule has 0 aromatic heterocycles. The van der Waals surface area contributed by atoms with E-state index in [2.05, 4.69) is 0 Å². The molecule has 2 nitrogen and oxygen atoms in total. The zero-order valence-corrected chi connectivity index (χ0v) is 9.85. The summed E-state index contributed by atoms with van der Waals surface area (Å²) in [5, 5.41) is -0.586. The van der Waals surface area contributed by atoms with Gasteiger partial charge in [0.1, 0.15) is 15.7 Å². The van der Waals surface area contributed by atoms with Gasteiger partial charge >= 0.3 is 0 Å². The minimum atomic E-state index is -3.11. The molecule has 1 unspecified atom stereocenters. The maximum absolute atomic E-state index is 13.2. The number of hydrogen-bond donors (Lipinski definition) is 0. The number of sulfone groups is 1. The highest BCUT2D eigenvalue weighted by molar-refractivity contribution is 7.90. The van der Waals surface area contributed by atoms with Gasteiger partial charge in [0, 0.05) is 6.26 Å². The Kier molecular flexibility index (Phi) is 4.11. The minimum absolute atomic E-state index is 0.136. The van der Waals surface area contributed by atoms with E-state index in [1.54, 1.807) is 18.2 Å². The van der Waals surface area contributed by atoms with Gasteiger partial charge in [-0.05, 0) is 18.1 Å². The first kappa shape index (κ1) is 12.5. The van der Waals surface area contributed by atoms with Crippen LogP contribution in [0.5, 0.6) is 0 Å². The second kappa shape index (κ2) is 4.94. The largest absolute Gasteiger partial charge is 0.229 e. The van der Waals surface area contributed by atoms with Gasteiger partial charge in [-0.15, -0.1) is 11.6 Å². The highest BCUT2D eigenvalue weighted by Crippen LogP contribution is 2.13. The molecule has 1 atom stereocenters. The zero-order valence-electron chi connectivity index (χ0n) is 8.28. The standard InChI is InChI=1S/C10H12ClFO2S/c1-15(13,14)7-9(11)6-8-4-2-3-5-10(8)12/h2-5,9H,6-7H2,1H3. The molecule has 1 aromatic carbocycles. The molecule has 0 aliphatic carbocycles. The lowest BCUT2D eigenvalue weighted by molar-refractivity contribution is 0.594. The van der Waals surface area contributed by atoms with Crippen molar-refractivity contribution in [2.45, 2.75) is 11.8 Å². The minimum Gasteiger partial charge on any atom is -0.229 e. The van der Waals surface area contributed by atoms with E-state index in [-0.39, 0.29) is 18.0 Å². The number of hydrogen-bond acceptors (Lipinski definition) is 2. The first-order valence-electron chi connectivity index (χ1n) is 4.43. The van der Waals surface area contributed by atoms with E-state index < -0.39 is 15.2 Å². The fourth-order valence-corrected chi connectivity index (χ4v) is 2.92. The fraction of sp³-hybridized carbons (Fsp3) is 0.400. The van der Waals surface area contributed by atoms with Crippen LogP contribution >= 0.6 is 11.6 Å². The molecule has 1 rings (SSSR count). The Balaban J connectivity index is 2.67. The van der Waals surface area contributed by atoms with E-state index in [4.69, 9.17) is 11.6 Å². The third kappa shape index (κ3) is 4.62. The predicted octanol–water partition coefficient (Wildman–Crippen LogP) is 2.02. The van der Waals surface area contributed by atoms with E-state index in [1.165, 1.54) is 6.07 Å². The average molecular weight is 251 g/mol. The highest BCUT2D eigenvalue weighted by Gasteiger charge is 2.14. The van der Waals surface area contributed by atoms with Crippen LogP contribution in [0.3, 0.4) is 0 Å². The summed E-state index contributed by atoms with van der Waals surface area (Å²) in [5.41, 5.74) is 0.446. The van der Waals surface area contributed by atoms with E-state index in [1.807, 2.05) is 0 Å². The Morgan fingerprint density at radius 3 is 2.53 bits per heavy atom. The van der Waals surface area contributed by atoms with E-state index in [9.17, 15) is 12.8 Å². The molecule has 0 saturated heterocycles. The fourth-order valence-electron chi connectivity index (χ4n) is 1.29. The molecule has 0 bridgehead atoms. The lowest BCUT2D eigenvalue weighted by atomic mass is 10.1. The molecule has 84 valence electrons. The molecule has 15 heavy (non-hydrogen) atoms. The van der Waals surface area contributed by atoms with Gasteiger partial charge in [-0.3, -0.25) is 0 Å². The van der Waals surface area contributed by atoms with Crippen molar-refractivity contribution in [3.63, 3.8) is 0 Å². The van der Waals surface area contributed by atoms with Crippen LogP contribution in [0.1, 0.15) is 5.56 Å². The van der Waals surface area contributed by atoms with Crippen molar-refractivity contribution in [2.75, 3.05) is 12.0 Å². The summed E-state index contributed by atoms with van der Waals surface area (Å²) in [6.45, 7) is 0. The first-order chi connectivity index (χ1) is 6.88. The van der Waals surface area contributed by atoms with Crippen molar-refractivity contribution in [3.05, 3.63) is 35.6 Å². The van der Waals surface area contributed by atoms with Crippen molar-refractivity contribution in [3.8, 4) is 0 Å². The Bertz CT molecular complexity index is 431. The van der Waals surface area contributed by atoms with Gasteiger partial charge in [0.15, 0.2) is 0 Å². The van der Waals surface area contributed by atoms with Gasteiger partial charge in [0.05, 0.1) is 11.1 Å². The number of benzene rings is 1. The van der Waals surface area contributed by atoms with E-state index >= 15 is 0 Å². The Labute approximate surface area is 94.0 Å². The van der Waals surface area contributed by atoms with Gasteiger partial charge in [0.25, 0.3) is 0 Å². The molecule has 0 spiro atoms. The van der Waals surface area contributed by atoms with Crippen LogP contribution in [0.15, 0.2) is 24.3 Å². The van der Waals surface area contributed by atoms with Crippen LogP contribution in [0.2, 0.25) is 0 Å². The molecule has 5 heteroatoms. The van der Waals surface area contributed by atoms with Gasteiger partial charge in [0.2, 0.25) is 0 Å². The highest BCUT2D eigenvalue weighted by atomic mass is 35.5. The van der Waals surface area contributed by atoms with Crippen LogP contribution in [0, 0.1) is 5.82 Å². The molecule has 0 saturated carbocycles. The van der Waals surface area contributed by atoms with Crippen molar-refractivity contribution in [2.24, 2.45) is 0 Å². The van der Waals surface area contributed by atoms with Crippen LogP contribution in [-0.4, -0.2) is 25.8 Å². The molecule has 0 aliphatic heterocycles. The molecule has 0 fully saturated rings. The van der Waals surface area contributed by atoms with Crippen molar-refractivity contribution >= 4 is 21.4 Å². The number of alkyl halides is 1. The number of halogens is 2. The van der Waals surface area contributed by atoms with Gasteiger partial charge < -0.3 is 0 Å². The van der Waals surface area contributed by atoms with Gasteiger partial charge in [-0.2, -0.15) is 0 Å². The first-order valence-corrected chi connectivity index (χ1v) is 6.93. The third-order valence-corrected chi connectivity index (χ3v) is 3.38. The lowest BCUT2D eigenvalue weighted by Gasteiger charge is -2.08. The molecule has 0 heterocycles. The number of rotatable bonds is 4. The smallest absolute Gasteiger partial charge is 0.148 e. The molecule has 0 amide bonds.